The van der Waals surface area contributed by atoms with Crippen molar-refractivity contribution in [2.45, 2.75) is 74.1 Å². The summed E-state index contributed by atoms with van der Waals surface area (Å²) in [5, 5.41) is 21.7. The van der Waals surface area contributed by atoms with Crippen molar-refractivity contribution in [1.29, 1.82) is 0 Å². The van der Waals surface area contributed by atoms with Crippen LogP contribution < -0.4 is 10.7 Å². The smallest absolute Gasteiger partial charge is 0.338 e. The second-order valence-corrected chi connectivity index (χ2v) is 11.3. The molecule has 41 heavy (non-hydrogen) atoms. The van der Waals surface area contributed by atoms with Crippen LogP contribution in [0.4, 0.5) is 0 Å². The standard InChI is InChI=1S/C34H41N3O4/c1-9-23-20(6)26-13-11-17(3)25(12-14-31(38)39)18(4)19(5)33-32(34(40)41)22(8)28(37-33)16-30-24(10-2)21(7)27(36-30)15-29(23)35-26/h9,13,15-17,25,35-36H,1,10-12,14H2,2-8H3,(H,38,39)(H,40,41)/b19-18+,26-13-,28-16-,29-15-/t17-,25+/m1/s1. The maximum Gasteiger partial charge on any atom is 0.338 e. The molecule has 216 valence electrons. The van der Waals surface area contributed by atoms with Crippen LogP contribution in [-0.4, -0.2) is 37.8 Å². The predicted molar refractivity (Wildman–Crippen MR) is 166 cm³/mol. The lowest BCUT2D eigenvalue weighted by molar-refractivity contribution is -0.137. The van der Waals surface area contributed by atoms with Crippen molar-refractivity contribution in [2.24, 2.45) is 16.8 Å². The molecule has 7 nitrogen and oxygen atoms in total. The number of carboxylic acids is 2. The summed E-state index contributed by atoms with van der Waals surface area (Å²) in [6, 6.07) is 0. The average Bonchev–Trinajstić information content (AvgIpc) is 3.51. The van der Waals surface area contributed by atoms with E-state index in [0.717, 1.165) is 68.3 Å². The first-order valence-electron chi connectivity index (χ1n) is 14.3. The normalized spacial score (nSPS) is 24.0. The van der Waals surface area contributed by atoms with Gasteiger partial charge in [0.15, 0.2) is 0 Å². The number of rotatable bonds is 6. The molecule has 0 radical (unpaired) electrons. The highest BCUT2D eigenvalue weighted by Gasteiger charge is 2.31. The molecule has 0 saturated heterocycles. The first kappa shape index (κ1) is 29.8. The van der Waals surface area contributed by atoms with Gasteiger partial charge in [0.2, 0.25) is 0 Å². The number of nitrogens with zero attached hydrogens (tertiary/aromatic N) is 1. The third kappa shape index (κ3) is 5.58. The van der Waals surface area contributed by atoms with Crippen LogP contribution in [0.5, 0.6) is 0 Å². The number of aliphatic carboxylic acids is 2. The Bertz CT molecular complexity index is 1690. The maximum absolute atomic E-state index is 12.5. The SMILES string of the molecule is C=Cc1c(C)/c2[nH]/c1=C\c1[nH]c(c(CC)c1C)/C=C1N=C(C(C(=O)O)=C\1C)/C(C)=C(\C)[C@@H](CCC(=O)O)[C@H](C)C\C=2. The second-order valence-electron chi connectivity index (χ2n) is 11.3. The van der Waals surface area contributed by atoms with Gasteiger partial charge in [-0.3, -0.25) is 4.79 Å². The van der Waals surface area contributed by atoms with Gasteiger partial charge >= 0.3 is 11.9 Å². The van der Waals surface area contributed by atoms with Crippen molar-refractivity contribution in [3.63, 3.8) is 0 Å². The fourth-order valence-electron chi connectivity index (χ4n) is 6.30. The number of aliphatic imine (C=N–C) groups is 1. The first-order chi connectivity index (χ1) is 19.4. The Hall–Kier alpha value is -4.13. The van der Waals surface area contributed by atoms with Crippen LogP contribution in [0, 0.1) is 25.7 Å². The molecule has 2 aromatic heterocycles. The summed E-state index contributed by atoms with van der Waals surface area (Å²) in [7, 11) is 0. The second kappa shape index (κ2) is 11.8. The van der Waals surface area contributed by atoms with Crippen molar-refractivity contribution >= 4 is 42.0 Å². The Morgan fingerprint density at radius 1 is 1.02 bits per heavy atom. The number of aromatic amines is 2. The van der Waals surface area contributed by atoms with Gasteiger partial charge in [0.05, 0.1) is 17.0 Å². The quantitative estimate of drug-likeness (QED) is 0.359. The molecule has 0 aromatic carbocycles. The maximum atomic E-state index is 12.5. The largest absolute Gasteiger partial charge is 0.481 e. The molecule has 0 amide bonds. The van der Waals surface area contributed by atoms with Crippen LogP contribution in [0.15, 0.2) is 39.6 Å². The molecule has 2 aromatic rings. The zero-order valence-electron chi connectivity index (χ0n) is 25.2. The topological polar surface area (TPSA) is 119 Å². The van der Waals surface area contributed by atoms with Crippen LogP contribution >= 0.6 is 0 Å². The number of hydrogen-bond donors (Lipinski definition) is 4. The van der Waals surface area contributed by atoms with E-state index in [1.54, 1.807) is 6.92 Å². The Morgan fingerprint density at radius 2 is 1.73 bits per heavy atom. The van der Waals surface area contributed by atoms with E-state index < -0.39 is 11.9 Å². The summed E-state index contributed by atoms with van der Waals surface area (Å²) in [6.45, 7) is 18.2. The van der Waals surface area contributed by atoms with Gasteiger partial charge < -0.3 is 20.2 Å². The van der Waals surface area contributed by atoms with Gasteiger partial charge in [-0.25, -0.2) is 9.79 Å². The molecule has 0 saturated carbocycles. The fraction of sp³-hybridized carbons (Fsp3) is 0.382. The minimum absolute atomic E-state index is 0.0350. The lowest BCUT2D eigenvalue weighted by Gasteiger charge is -2.26. The van der Waals surface area contributed by atoms with E-state index >= 15 is 0 Å². The number of H-pyrrole nitrogens is 2. The highest BCUT2D eigenvalue weighted by atomic mass is 16.4. The number of hydrogen-bond acceptors (Lipinski definition) is 3. The molecule has 4 heterocycles. The van der Waals surface area contributed by atoms with E-state index in [1.165, 1.54) is 0 Å². The van der Waals surface area contributed by atoms with Crippen LogP contribution in [0.2, 0.25) is 0 Å². The summed E-state index contributed by atoms with van der Waals surface area (Å²) in [4.78, 5) is 36.1. The number of carboxylic acid groups (broad SMARTS) is 2. The van der Waals surface area contributed by atoms with E-state index in [9.17, 15) is 19.8 Å². The van der Waals surface area contributed by atoms with Gasteiger partial charge in [-0.1, -0.05) is 38.2 Å². The highest BCUT2D eigenvalue weighted by Crippen LogP contribution is 2.36. The number of aromatic nitrogens is 2. The van der Waals surface area contributed by atoms with Gasteiger partial charge in [-0.15, -0.1) is 0 Å². The summed E-state index contributed by atoms with van der Waals surface area (Å²) in [5.74, 6) is -1.82. The van der Waals surface area contributed by atoms with E-state index in [1.807, 2.05) is 26.0 Å². The molecule has 4 rings (SSSR count). The van der Waals surface area contributed by atoms with Gasteiger partial charge in [0.25, 0.3) is 0 Å². The third-order valence-electron chi connectivity index (χ3n) is 8.94. The van der Waals surface area contributed by atoms with E-state index in [4.69, 9.17) is 4.99 Å². The summed E-state index contributed by atoms with van der Waals surface area (Å²) >= 11 is 0. The Balaban J connectivity index is 2.07. The average molecular weight is 556 g/mol. The molecule has 4 N–H and O–H groups in total. The lowest BCUT2D eigenvalue weighted by Crippen LogP contribution is -2.20. The zero-order valence-corrected chi connectivity index (χ0v) is 25.2. The Labute approximate surface area is 241 Å². The molecule has 6 bridgehead atoms. The summed E-state index contributed by atoms with van der Waals surface area (Å²) in [5.41, 5.74) is 9.97. The zero-order chi connectivity index (χ0) is 30.2. The number of carbonyl (C=O) groups is 2. The molecule has 2 aliphatic heterocycles. The van der Waals surface area contributed by atoms with Crippen LogP contribution in [0.1, 0.15) is 87.5 Å². The number of allylic oxidation sites excluding steroid dienone is 3. The first-order valence-corrected chi connectivity index (χ1v) is 14.3. The molecular weight excluding hydrogens is 514 g/mol. The Morgan fingerprint density at radius 3 is 2.34 bits per heavy atom. The van der Waals surface area contributed by atoms with Crippen LogP contribution in [0.3, 0.4) is 0 Å². The summed E-state index contributed by atoms with van der Waals surface area (Å²) < 4.78 is 0. The van der Waals surface area contributed by atoms with E-state index in [-0.39, 0.29) is 23.8 Å². The molecule has 0 spiro atoms. The number of nitrogens with one attached hydrogen (secondary N) is 2. The van der Waals surface area contributed by atoms with E-state index in [2.05, 4.69) is 56.4 Å². The van der Waals surface area contributed by atoms with Gasteiger partial charge in [0.1, 0.15) is 0 Å². The van der Waals surface area contributed by atoms with Crippen LogP contribution in [0.25, 0.3) is 24.3 Å². The third-order valence-corrected chi connectivity index (χ3v) is 8.94. The monoisotopic (exact) mass is 555 g/mol. The van der Waals surface area contributed by atoms with Gasteiger partial charge in [-0.05, 0) is 106 Å². The summed E-state index contributed by atoms with van der Waals surface area (Å²) in [6.07, 6.45) is 10.1. The van der Waals surface area contributed by atoms with Crippen molar-refractivity contribution in [2.75, 3.05) is 0 Å². The molecule has 0 aliphatic carbocycles. The minimum atomic E-state index is -1.02. The molecule has 2 aliphatic rings. The number of fused-ring (bicyclic) bond motifs is 5. The Kier molecular flexibility index (Phi) is 8.57. The van der Waals surface area contributed by atoms with E-state index in [0.29, 0.717) is 23.4 Å². The molecule has 0 unspecified atom stereocenters. The lowest BCUT2D eigenvalue weighted by atomic mass is 9.79. The highest BCUT2D eigenvalue weighted by molar-refractivity contribution is 6.29. The van der Waals surface area contributed by atoms with Gasteiger partial charge in [-0.2, -0.15) is 0 Å². The van der Waals surface area contributed by atoms with Crippen molar-refractivity contribution in [1.82, 2.24) is 9.97 Å². The van der Waals surface area contributed by atoms with Crippen LogP contribution in [-0.2, 0) is 16.0 Å². The molecule has 7 heteroatoms. The van der Waals surface area contributed by atoms with Crippen molar-refractivity contribution in [3.05, 3.63) is 78.9 Å². The minimum Gasteiger partial charge on any atom is -0.481 e. The fourth-order valence-corrected chi connectivity index (χ4v) is 6.30. The molecule has 0 fully saturated rings. The molecule has 2 atom stereocenters. The predicted octanol–water partition coefficient (Wildman–Crippen LogP) is 5.83. The van der Waals surface area contributed by atoms with Crippen molar-refractivity contribution < 1.29 is 19.8 Å². The van der Waals surface area contributed by atoms with Crippen molar-refractivity contribution in [3.8, 4) is 0 Å². The molecular formula is C34H41N3O4. The van der Waals surface area contributed by atoms with Gasteiger partial charge in [0, 0.05) is 34.1 Å².